The molecular formula is C34H35ClF2N4O3. The molecule has 1 saturated heterocycles. The minimum Gasteiger partial charge on any atom is -0.360 e. The van der Waals surface area contributed by atoms with Crippen molar-refractivity contribution in [1.82, 2.24) is 19.9 Å². The number of nitrogens with zero attached hydrogens (tertiary/aromatic N) is 4. The van der Waals surface area contributed by atoms with E-state index in [9.17, 15) is 18.4 Å². The topological polar surface area (TPSA) is 69.9 Å². The summed E-state index contributed by atoms with van der Waals surface area (Å²) in [5, 5.41) is 4.12. The fourth-order valence-corrected chi connectivity index (χ4v) is 5.90. The van der Waals surface area contributed by atoms with Crippen LogP contribution in [-0.4, -0.2) is 70.9 Å². The van der Waals surface area contributed by atoms with Gasteiger partial charge in [0.15, 0.2) is 0 Å². The molecule has 0 aliphatic carbocycles. The first-order valence-corrected chi connectivity index (χ1v) is 15.1. The summed E-state index contributed by atoms with van der Waals surface area (Å²) in [6.45, 7) is 7.22. The minimum atomic E-state index is -0.616. The van der Waals surface area contributed by atoms with Crippen LogP contribution in [0, 0.1) is 18.6 Å². The molecule has 1 unspecified atom stereocenters. The summed E-state index contributed by atoms with van der Waals surface area (Å²) >= 11 is 6.32. The van der Waals surface area contributed by atoms with Gasteiger partial charge in [-0.25, -0.2) is 8.78 Å². The zero-order chi connectivity index (χ0) is 31.2. The molecule has 4 aromatic rings. The average Bonchev–Trinajstić information content (AvgIpc) is 3.41. The molecular weight excluding hydrogens is 586 g/mol. The lowest BCUT2D eigenvalue weighted by Crippen LogP contribution is -2.51. The van der Waals surface area contributed by atoms with Crippen LogP contribution in [0.2, 0.25) is 5.02 Å². The molecule has 44 heavy (non-hydrogen) atoms. The number of halogens is 3. The second-order valence-electron chi connectivity index (χ2n) is 11.0. The molecule has 1 aromatic heterocycles. The van der Waals surface area contributed by atoms with Crippen LogP contribution in [0.5, 0.6) is 0 Å². The lowest BCUT2D eigenvalue weighted by molar-refractivity contribution is -0.134. The molecule has 0 bridgehead atoms. The molecule has 0 saturated carbocycles. The molecule has 230 valence electrons. The molecule has 2 amide bonds. The highest BCUT2D eigenvalue weighted by Gasteiger charge is 2.31. The third-order valence-corrected chi connectivity index (χ3v) is 8.44. The summed E-state index contributed by atoms with van der Waals surface area (Å²) in [6, 6.07) is 20.1. The highest BCUT2D eigenvalue weighted by molar-refractivity contribution is 6.33. The van der Waals surface area contributed by atoms with Crippen molar-refractivity contribution in [2.75, 3.05) is 39.3 Å². The largest absolute Gasteiger partial charge is 0.360 e. The number of hydrogen-bond acceptors (Lipinski definition) is 5. The summed E-state index contributed by atoms with van der Waals surface area (Å²) < 4.78 is 33.9. The van der Waals surface area contributed by atoms with Crippen LogP contribution in [0.3, 0.4) is 0 Å². The Morgan fingerprint density at radius 1 is 0.977 bits per heavy atom. The van der Waals surface area contributed by atoms with Crippen molar-refractivity contribution < 1.29 is 22.9 Å². The van der Waals surface area contributed by atoms with Gasteiger partial charge >= 0.3 is 0 Å². The number of rotatable bonds is 10. The summed E-state index contributed by atoms with van der Waals surface area (Å²) in [7, 11) is 0. The van der Waals surface area contributed by atoms with Gasteiger partial charge in [-0.3, -0.25) is 14.5 Å². The number of aryl methyl sites for hydroxylation is 1. The molecule has 5 rings (SSSR count). The van der Waals surface area contributed by atoms with Gasteiger partial charge in [0.05, 0.1) is 16.5 Å². The number of carbonyl (C=O) groups is 2. The second kappa shape index (κ2) is 14.1. The molecule has 10 heteroatoms. The quantitative estimate of drug-likeness (QED) is 0.201. The van der Waals surface area contributed by atoms with Gasteiger partial charge in [0, 0.05) is 45.8 Å². The Morgan fingerprint density at radius 2 is 1.68 bits per heavy atom. The first kappa shape index (κ1) is 31.3. The Labute approximate surface area is 261 Å². The van der Waals surface area contributed by atoms with Crippen molar-refractivity contribution in [3.05, 3.63) is 112 Å². The maximum absolute atomic E-state index is 14.9. The van der Waals surface area contributed by atoms with Crippen LogP contribution in [-0.2, 0) is 11.3 Å². The van der Waals surface area contributed by atoms with Gasteiger partial charge in [-0.2, -0.15) is 0 Å². The lowest BCUT2D eigenvalue weighted by atomic mass is 9.95. The normalized spacial score (nSPS) is 14.4. The number of piperazine rings is 1. The molecule has 0 spiro atoms. The van der Waals surface area contributed by atoms with Gasteiger partial charge in [0.2, 0.25) is 5.91 Å². The summed E-state index contributed by atoms with van der Waals surface area (Å²) in [5.74, 6) is -1.18. The van der Waals surface area contributed by atoms with Gasteiger partial charge in [-0.1, -0.05) is 72.2 Å². The van der Waals surface area contributed by atoms with Crippen molar-refractivity contribution >= 4 is 23.4 Å². The van der Waals surface area contributed by atoms with Crippen LogP contribution in [0.1, 0.15) is 46.5 Å². The van der Waals surface area contributed by atoms with Gasteiger partial charge in [-0.15, -0.1) is 0 Å². The molecule has 1 fully saturated rings. The first-order chi connectivity index (χ1) is 21.3. The number of benzene rings is 3. The molecule has 1 aliphatic heterocycles. The smallest absolute Gasteiger partial charge is 0.260 e. The van der Waals surface area contributed by atoms with Crippen LogP contribution < -0.4 is 0 Å². The van der Waals surface area contributed by atoms with Crippen LogP contribution >= 0.6 is 11.6 Å². The minimum absolute atomic E-state index is 0.00206. The van der Waals surface area contributed by atoms with E-state index >= 15 is 0 Å². The predicted molar refractivity (Wildman–Crippen MR) is 165 cm³/mol. The van der Waals surface area contributed by atoms with Gasteiger partial charge in [-0.05, 0) is 48.7 Å². The Morgan fingerprint density at radius 3 is 2.34 bits per heavy atom. The predicted octanol–water partition coefficient (Wildman–Crippen LogP) is 6.56. The molecule has 1 atom stereocenters. The van der Waals surface area contributed by atoms with E-state index in [1.54, 1.807) is 24.0 Å². The van der Waals surface area contributed by atoms with E-state index in [2.05, 4.69) is 10.1 Å². The number of carbonyl (C=O) groups excluding carboxylic acids is 2. The SMILES string of the molecule is CCC(C(=O)N1CCN(CCN(Cc2ccc(F)cc2)C(=O)c2c(-c3c(F)cccc3Cl)noc2C)CC1)c1ccccc1. The number of amides is 2. The van der Waals surface area contributed by atoms with Crippen molar-refractivity contribution in [3.63, 3.8) is 0 Å². The highest BCUT2D eigenvalue weighted by atomic mass is 35.5. The van der Waals surface area contributed by atoms with Crippen LogP contribution in [0.15, 0.2) is 77.3 Å². The van der Waals surface area contributed by atoms with Crippen LogP contribution in [0.25, 0.3) is 11.3 Å². The second-order valence-corrected chi connectivity index (χ2v) is 11.4. The van der Waals surface area contributed by atoms with Gasteiger partial charge in [0.1, 0.15) is 28.7 Å². The summed E-state index contributed by atoms with van der Waals surface area (Å²) in [5.41, 5.74) is 1.92. The number of hydrogen-bond donors (Lipinski definition) is 0. The maximum Gasteiger partial charge on any atom is 0.260 e. The zero-order valence-electron chi connectivity index (χ0n) is 24.8. The summed E-state index contributed by atoms with van der Waals surface area (Å²) in [4.78, 5) is 33.2. The van der Waals surface area contributed by atoms with E-state index in [-0.39, 0.29) is 51.8 Å². The zero-order valence-corrected chi connectivity index (χ0v) is 25.6. The van der Waals surface area contributed by atoms with Gasteiger partial charge in [0.25, 0.3) is 5.91 Å². The molecule has 3 aromatic carbocycles. The average molecular weight is 621 g/mol. The van der Waals surface area contributed by atoms with Crippen molar-refractivity contribution in [1.29, 1.82) is 0 Å². The molecule has 0 radical (unpaired) electrons. The van der Waals surface area contributed by atoms with Gasteiger partial charge < -0.3 is 14.3 Å². The van der Waals surface area contributed by atoms with Crippen molar-refractivity contribution in [3.8, 4) is 11.3 Å². The Balaban J connectivity index is 1.31. The lowest BCUT2D eigenvalue weighted by Gasteiger charge is -2.37. The fourth-order valence-electron chi connectivity index (χ4n) is 5.65. The third-order valence-electron chi connectivity index (χ3n) is 8.13. The van der Waals surface area contributed by atoms with E-state index in [1.165, 1.54) is 30.3 Å². The van der Waals surface area contributed by atoms with E-state index in [0.29, 0.717) is 39.3 Å². The molecule has 7 nitrogen and oxygen atoms in total. The highest BCUT2D eigenvalue weighted by Crippen LogP contribution is 2.34. The first-order valence-electron chi connectivity index (χ1n) is 14.8. The summed E-state index contributed by atoms with van der Waals surface area (Å²) in [6.07, 6.45) is 0.728. The Kier molecular flexibility index (Phi) is 10.1. The third kappa shape index (κ3) is 7.00. The molecule has 0 N–H and O–H groups in total. The molecule has 1 aliphatic rings. The fraction of sp³-hybridized carbons (Fsp3) is 0.324. The van der Waals surface area contributed by atoms with E-state index < -0.39 is 11.7 Å². The number of aromatic nitrogens is 1. The Bertz CT molecular complexity index is 1570. The van der Waals surface area contributed by atoms with E-state index in [0.717, 1.165) is 17.5 Å². The van der Waals surface area contributed by atoms with E-state index in [1.807, 2.05) is 42.2 Å². The van der Waals surface area contributed by atoms with Crippen molar-refractivity contribution in [2.24, 2.45) is 0 Å². The Hall–Kier alpha value is -4.08. The maximum atomic E-state index is 14.9. The molecule has 2 heterocycles. The van der Waals surface area contributed by atoms with Crippen LogP contribution in [0.4, 0.5) is 8.78 Å². The monoisotopic (exact) mass is 620 g/mol. The van der Waals surface area contributed by atoms with E-state index in [4.69, 9.17) is 16.1 Å². The standard InChI is InChI=1S/C34H35ClF2N4O3/c1-3-27(25-8-5-4-6-9-25)33(42)40-19-16-39(17-20-40)18-21-41(22-24-12-14-26(36)15-13-24)34(43)30-23(2)44-38-32(30)31-28(35)10-7-11-29(31)37/h4-15,27H,3,16-22H2,1-2H3. The van der Waals surface area contributed by atoms with Crippen molar-refractivity contribution in [2.45, 2.75) is 32.7 Å².